The van der Waals surface area contributed by atoms with Crippen molar-refractivity contribution in [2.24, 2.45) is 0 Å². The molecule has 0 saturated carbocycles. The van der Waals surface area contributed by atoms with Crippen LogP contribution in [0.2, 0.25) is 0 Å². The van der Waals surface area contributed by atoms with Gasteiger partial charge in [-0.2, -0.15) is 10.1 Å². The van der Waals surface area contributed by atoms with Gasteiger partial charge in [0.1, 0.15) is 0 Å². The molecule has 2 aromatic rings. The molecule has 0 aliphatic carbocycles. The van der Waals surface area contributed by atoms with Crippen LogP contribution < -0.4 is 10.2 Å². The summed E-state index contributed by atoms with van der Waals surface area (Å²) in [6.45, 7) is 2.93. The molecule has 0 bridgehead atoms. The van der Waals surface area contributed by atoms with Gasteiger partial charge in [-0.25, -0.2) is 4.79 Å². The number of hydrogen-bond acceptors (Lipinski definition) is 8. The van der Waals surface area contributed by atoms with E-state index in [1.54, 1.807) is 30.5 Å². The quantitative estimate of drug-likeness (QED) is 0.843. The maximum absolute atomic E-state index is 11.4. The van der Waals surface area contributed by atoms with Gasteiger partial charge in [0.05, 0.1) is 32.1 Å². The number of hydrogen-bond donors (Lipinski definition) is 1. The first-order valence-corrected chi connectivity index (χ1v) is 7.24. The average molecular weight is 315 g/mol. The number of rotatable bonds is 4. The van der Waals surface area contributed by atoms with Crippen LogP contribution in [0.4, 0.5) is 17.5 Å². The van der Waals surface area contributed by atoms with Crippen molar-refractivity contribution in [3.8, 4) is 0 Å². The fraction of sp³-hybridized carbons (Fsp3) is 0.333. The fourth-order valence-corrected chi connectivity index (χ4v) is 2.23. The lowest BCUT2D eigenvalue weighted by Gasteiger charge is -2.27. The Morgan fingerprint density at radius 1 is 1.26 bits per heavy atom. The lowest BCUT2D eigenvalue weighted by Crippen LogP contribution is -2.36. The molecule has 23 heavy (non-hydrogen) atoms. The number of aromatic nitrogens is 3. The second kappa shape index (κ2) is 7.01. The number of carbonyl (C=O) groups excluding carboxylic acids is 1. The van der Waals surface area contributed by atoms with Crippen molar-refractivity contribution in [3.05, 3.63) is 36.0 Å². The van der Waals surface area contributed by atoms with Gasteiger partial charge in [0.25, 0.3) is 0 Å². The second-order valence-corrected chi connectivity index (χ2v) is 4.93. The van der Waals surface area contributed by atoms with Gasteiger partial charge in [-0.3, -0.25) is 0 Å². The molecule has 1 aromatic heterocycles. The minimum Gasteiger partial charge on any atom is -0.465 e. The molecule has 3 rings (SSSR count). The molecule has 0 unspecified atom stereocenters. The molecule has 2 heterocycles. The van der Waals surface area contributed by atoms with Crippen molar-refractivity contribution in [3.63, 3.8) is 0 Å². The zero-order valence-electron chi connectivity index (χ0n) is 12.7. The highest BCUT2D eigenvalue weighted by atomic mass is 16.5. The number of ether oxygens (including phenoxy) is 2. The Morgan fingerprint density at radius 2 is 2.00 bits per heavy atom. The van der Waals surface area contributed by atoms with E-state index in [2.05, 4.69) is 30.1 Å². The van der Waals surface area contributed by atoms with E-state index in [1.165, 1.54) is 7.11 Å². The van der Waals surface area contributed by atoms with Crippen molar-refractivity contribution >= 4 is 23.4 Å². The molecule has 0 spiro atoms. The fourth-order valence-electron chi connectivity index (χ4n) is 2.23. The predicted octanol–water partition coefficient (Wildman–Crippen LogP) is 1.24. The topological polar surface area (TPSA) is 89.5 Å². The smallest absolute Gasteiger partial charge is 0.337 e. The summed E-state index contributed by atoms with van der Waals surface area (Å²) in [6, 6.07) is 6.87. The molecule has 120 valence electrons. The summed E-state index contributed by atoms with van der Waals surface area (Å²) >= 11 is 0. The van der Waals surface area contributed by atoms with Gasteiger partial charge in [0.15, 0.2) is 5.82 Å². The Labute approximate surface area is 133 Å². The van der Waals surface area contributed by atoms with E-state index in [-0.39, 0.29) is 5.97 Å². The number of nitrogens with zero attached hydrogens (tertiary/aromatic N) is 4. The van der Waals surface area contributed by atoms with E-state index in [0.29, 0.717) is 24.7 Å². The number of methoxy groups -OCH3 is 1. The highest BCUT2D eigenvalue weighted by molar-refractivity contribution is 5.89. The van der Waals surface area contributed by atoms with E-state index in [0.717, 1.165) is 24.6 Å². The van der Waals surface area contributed by atoms with E-state index in [9.17, 15) is 4.79 Å². The zero-order valence-corrected chi connectivity index (χ0v) is 12.7. The third-order valence-corrected chi connectivity index (χ3v) is 3.44. The highest BCUT2D eigenvalue weighted by Gasteiger charge is 2.14. The van der Waals surface area contributed by atoms with Crippen molar-refractivity contribution in [1.29, 1.82) is 0 Å². The summed E-state index contributed by atoms with van der Waals surface area (Å²) in [5, 5.41) is 11.0. The van der Waals surface area contributed by atoms with Crippen LogP contribution in [0.1, 0.15) is 10.4 Å². The van der Waals surface area contributed by atoms with Gasteiger partial charge >= 0.3 is 5.97 Å². The first-order valence-electron chi connectivity index (χ1n) is 7.24. The van der Waals surface area contributed by atoms with Gasteiger partial charge in [-0.15, -0.1) is 5.10 Å². The SMILES string of the molecule is COC(=O)c1ccc(Nc2nncc(N3CCOCC3)n2)cc1. The molecule has 1 aliphatic rings. The Bertz CT molecular complexity index is 671. The van der Waals surface area contributed by atoms with Gasteiger partial charge in [0.2, 0.25) is 5.95 Å². The summed E-state index contributed by atoms with van der Waals surface area (Å²) in [7, 11) is 1.35. The number of morpholine rings is 1. The normalized spacial score (nSPS) is 14.4. The largest absolute Gasteiger partial charge is 0.465 e. The Kier molecular flexibility index (Phi) is 4.62. The van der Waals surface area contributed by atoms with Crippen LogP contribution in [-0.2, 0) is 9.47 Å². The van der Waals surface area contributed by atoms with Crippen molar-refractivity contribution < 1.29 is 14.3 Å². The summed E-state index contributed by atoms with van der Waals surface area (Å²) in [6.07, 6.45) is 1.64. The number of benzene rings is 1. The van der Waals surface area contributed by atoms with Gasteiger partial charge in [0, 0.05) is 18.8 Å². The van der Waals surface area contributed by atoms with Gasteiger partial charge < -0.3 is 19.7 Å². The minimum absolute atomic E-state index is 0.371. The zero-order chi connectivity index (χ0) is 16.1. The third-order valence-electron chi connectivity index (χ3n) is 3.44. The number of nitrogens with one attached hydrogen (secondary N) is 1. The first kappa shape index (κ1) is 15.2. The minimum atomic E-state index is -0.371. The monoisotopic (exact) mass is 315 g/mol. The molecule has 1 N–H and O–H groups in total. The molecule has 8 nitrogen and oxygen atoms in total. The van der Waals surface area contributed by atoms with Crippen LogP contribution in [0.15, 0.2) is 30.5 Å². The summed E-state index contributed by atoms with van der Waals surface area (Å²) in [5.41, 5.74) is 1.25. The number of esters is 1. The molecule has 1 aliphatic heterocycles. The molecular formula is C15H17N5O3. The second-order valence-electron chi connectivity index (χ2n) is 4.93. The maximum atomic E-state index is 11.4. The molecule has 1 fully saturated rings. The third kappa shape index (κ3) is 3.72. The van der Waals surface area contributed by atoms with Crippen molar-refractivity contribution in [2.75, 3.05) is 43.6 Å². The summed E-state index contributed by atoms with van der Waals surface area (Å²) in [5.74, 6) is 0.792. The van der Waals surface area contributed by atoms with Crippen molar-refractivity contribution in [1.82, 2.24) is 15.2 Å². The molecule has 8 heteroatoms. The van der Waals surface area contributed by atoms with Crippen LogP contribution in [-0.4, -0.2) is 54.6 Å². The standard InChI is InChI=1S/C15H17N5O3/c1-22-14(21)11-2-4-12(5-3-11)17-15-18-13(10-16-19-15)20-6-8-23-9-7-20/h2-5,10H,6-9H2,1H3,(H,17,18,19). The molecule has 0 atom stereocenters. The van der Waals surface area contributed by atoms with E-state index in [1.807, 2.05) is 0 Å². The van der Waals surface area contributed by atoms with Crippen molar-refractivity contribution in [2.45, 2.75) is 0 Å². The maximum Gasteiger partial charge on any atom is 0.337 e. The molecule has 0 radical (unpaired) electrons. The average Bonchev–Trinajstić information content (AvgIpc) is 2.63. The van der Waals surface area contributed by atoms with Gasteiger partial charge in [-0.05, 0) is 24.3 Å². The lowest BCUT2D eigenvalue weighted by molar-refractivity contribution is 0.0601. The number of carbonyl (C=O) groups is 1. The van der Waals surface area contributed by atoms with Crippen LogP contribution >= 0.6 is 0 Å². The van der Waals surface area contributed by atoms with Crippen LogP contribution in [0, 0.1) is 0 Å². The Balaban J connectivity index is 1.71. The predicted molar refractivity (Wildman–Crippen MR) is 83.9 cm³/mol. The van der Waals surface area contributed by atoms with E-state index in [4.69, 9.17) is 4.74 Å². The summed E-state index contributed by atoms with van der Waals surface area (Å²) in [4.78, 5) is 18.0. The molecule has 0 amide bonds. The lowest BCUT2D eigenvalue weighted by atomic mass is 10.2. The molecular weight excluding hydrogens is 298 g/mol. The Morgan fingerprint density at radius 3 is 2.70 bits per heavy atom. The Hall–Kier alpha value is -2.74. The van der Waals surface area contributed by atoms with Crippen LogP contribution in [0.25, 0.3) is 0 Å². The highest BCUT2D eigenvalue weighted by Crippen LogP contribution is 2.17. The molecule has 1 aromatic carbocycles. The first-order chi connectivity index (χ1) is 11.3. The van der Waals surface area contributed by atoms with Crippen LogP contribution in [0.5, 0.6) is 0 Å². The van der Waals surface area contributed by atoms with E-state index < -0.39 is 0 Å². The van der Waals surface area contributed by atoms with E-state index >= 15 is 0 Å². The van der Waals surface area contributed by atoms with Crippen LogP contribution in [0.3, 0.4) is 0 Å². The summed E-state index contributed by atoms with van der Waals surface area (Å²) < 4.78 is 10.00. The number of anilines is 3. The van der Waals surface area contributed by atoms with Gasteiger partial charge in [-0.1, -0.05) is 0 Å². The molecule has 1 saturated heterocycles.